The van der Waals surface area contributed by atoms with E-state index in [9.17, 15) is 4.79 Å². The number of aryl methyl sites for hydroxylation is 1. The van der Waals surface area contributed by atoms with Crippen LogP contribution in [0.2, 0.25) is 0 Å². The lowest BCUT2D eigenvalue weighted by Crippen LogP contribution is -2.60. The lowest BCUT2D eigenvalue weighted by molar-refractivity contribution is -0.137. The fourth-order valence-electron chi connectivity index (χ4n) is 4.05. The van der Waals surface area contributed by atoms with Crippen molar-refractivity contribution in [2.75, 3.05) is 13.1 Å². The van der Waals surface area contributed by atoms with Crippen molar-refractivity contribution in [3.05, 3.63) is 17.5 Å². The van der Waals surface area contributed by atoms with E-state index >= 15 is 0 Å². The van der Waals surface area contributed by atoms with Gasteiger partial charge in [0.25, 0.3) is 0 Å². The van der Waals surface area contributed by atoms with Gasteiger partial charge in [-0.3, -0.25) is 14.8 Å². The molecule has 0 unspecified atom stereocenters. The molecule has 0 bridgehead atoms. The number of amides is 1. The Bertz CT molecular complexity index is 499. The molecule has 0 atom stereocenters. The summed E-state index contributed by atoms with van der Waals surface area (Å²) in [6.07, 6.45) is 9.40. The van der Waals surface area contributed by atoms with E-state index < -0.39 is 0 Å². The molecule has 3 rings (SSSR count). The predicted octanol–water partition coefficient (Wildman–Crippen LogP) is 2.52. The summed E-state index contributed by atoms with van der Waals surface area (Å²) in [7, 11) is 0. The van der Waals surface area contributed by atoms with Crippen molar-refractivity contribution in [1.29, 1.82) is 0 Å². The molecule has 0 spiro atoms. The van der Waals surface area contributed by atoms with Crippen LogP contribution in [0.15, 0.2) is 6.07 Å². The van der Waals surface area contributed by atoms with Crippen molar-refractivity contribution in [3.63, 3.8) is 0 Å². The van der Waals surface area contributed by atoms with E-state index in [4.69, 9.17) is 0 Å². The fourth-order valence-corrected chi connectivity index (χ4v) is 4.05. The Morgan fingerprint density at radius 1 is 1.23 bits per heavy atom. The van der Waals surface area contributed by atoms with Crippen LogP contribution >= 0.6 is 0 Å². The van der Waals surface area contributed by atoms with Gasteiger partial charge in [-0.2, -0.15) is 5.10 Å². The van der Waals surface area contributed by atoms with Crippen LogP contribution in [-0.4, -0.2) is 39.6 Å². The number of rotatable bonds is 4. The van der Waals surface area contributed by atoms with Crippen LogP contribution in [-0.2, 0) is 11.3 Å². The highest BCUT2D eigenvalue weighted by molar-refractivity contribution is 5.86. The van der Waals surface area contributed by atoms with Gasteiger partial charge in [0.15, 0.2) is 0 Å². The number of carbonyl (C=O) groups excluding carboxylic acids is 1. The topological polar surface area (TPSA) is 61.0 Å². The van der Waals surface area contributed by atoms with E-state index in [0.29, 0.717) is 6.54 Å². The van der Waals surface area contributed by atoms with Gasteiger partial charge in [0.05, 0.1) is 12.2 Å². The zero-order valence-electron chi connectivity index (χ0n) is 13.7. The maximum atomic E-state index is 13.0. The number of H-pyrrole nitrogens is 1. The Labute approximate surface area is 132 Å². The number of carbonyl (C=O) groups is 1. The van der Waals surface area contributed by atoms with Crippen LogP contribution in [0.1, 0.15) is 62.8 Å². The van der Waals surface area contributed by atoms with Gasteiger partial charge in [-0.25, -0.2) is 0 Å². The second-order valence-electron chi connectivity index (χ2n) is 6.86. The number of hydrogen-bond acceptors (Lipinski definition) is 3. The number of piperidine rings is 1. The summed E-state index contributed by atoms with van der Waals surface area (Å²) in [5.74, 6) is 0.217. The Kier molecular flexibility index (Phi) is 4.81. The van der Waals surface area contributed by atoms with Gasteiger partial charge in [-0.1, -0.05) is 25.7 Å². The number of likely N-dealkylation sites (tertiary alicyclic amines) is 1. The Balaban J connectivity index is 1.68. The summed E-state index contributed by atoms with van der Waals surface area (Å²) in [6, 6.07) is 1.99. The highest BCUT2D eigenvalue weighted by Gasteiger charge is 2.44. The number of hydrogen-bond donors (Lipinski definition) is 2. The van der Waals surface area contributed by atoms with Gasteiger partial charge in [-0.05, 0) is 51.8 Å². The lowest BCUT2D eigenvalue weighted by atomic mass is 9.78. The Hall–Kier alpha value is -1.36. The molecule has 2 heterocycles. The number of aromatic amines is 1. The van der Waals surface area contributed by atoms with Gasteiger partial charge < -0.3 is 5.32 Å². The quantitative estimate of drug-likeness (QED) is 0.898. The van der Waals surface area contributed by atoms with Crippen molar-refractivity contribution in [2.24, 2.45) is 0 Å². The minimum atomic E-state index is -0.260. The van der Waals surface area contributed by atoms with Crippen molar-refractivity contribution >= 4 is 5.91 Å². The first-order valence-corrected chi connectivity index (χ1v) is 8.75. The second kappa shape index (κ2) is 6.82. The molecule has 2 fully saturated rings. The minimum Gasteiger partial charge on any atom is -0.349 e. The van der Waals surface area contributed by atoms with Crippen LogP contribution in [0.3, 0.4) is 0 Å². The highest BCUT2D eigenvalue weighted by Crippen LogP contribution is 2.35. The molecular weight excluding hydrogens is 276 g/mol. The third kappa shape index (κ3) is 3.19. The van der Waals surface area contributed by atoms with Crippen LogP contribution in [0, 0.1) is 6.92 Å². The predicted molar refractivity (Wildman–Crippen MR) is 86.4 cm³/mol. The molecule has 122 valence electrons. The van der Waals surface area contributed by atoms with E-state index in [1.165, 1.54) is 38.5 Å². The van der Waals surface area contributed by atoms with E-state index in [0.717, 1.165) is 37.3 Å². The van der Waals surface area contributed by atoms with Crippen molar-refractivity contribution in [2.45, 2.75) is 70.4 Å². The van der Waals surface area contributed by atoms with E-state index in [-0.39, 0.29) is 11.4 Å². The molecule has 1 aromatic heterocycles. The van der Waals surface area contributed by atoms with Crippen LogP contribution in [0.5, 0.6) is 0 Å². The monoisotopic (exact) mass is 304 g/mol. The van der Waals surface area contributed by atoms with E-state index in [1.54, 1.807) is 0 Å². The molecule has 5 heteroatoms. The molecular formula is C17H28N4O. The molecule has 1 saturated heterocycles. The highest BCUT2D eigenvalue weighted by atomic mass is 16.2. The van der Waals surface area contributed by atoms with Gasteiger partial charge in [0.1, 0.15) is 5.54 Å². The number of aromatic nitrogens is 2. The maximum Gasteiger partial charge on any atom is 0.240 e. The summed E-state index contributed by atoms with van der Waals surface area (Å²) in [4.78, 5) is 15.5. The fraction of sp³-hybridized carbons (Fsp3) is 0.765. The standard InChI is InChI=1S/C17H28N4O/c1-14-12-15(20-19-14)13-18-16(22)17(8-4-2-5-9-17)21-10-6-3-7-11-21/h12H,2-11,13H2,1H3,(H,18,22)(H,19,20). The smallest absolute Gasteiger partial charge is 0.240 e. The SMILES string of the molecule is Cc1cc(CNC(=O)C2(N3CCCCC3)CCCCC2)n[nH]1. The summed E-state index contributed by atoms with van der Waals surface area (Å²) in [5.41, 5.74) is 1.69. The largest absolute Gasteiger partial charge is 0.349 e. The minimum absolute atomic E-state index is 0.217. The van der Waals surface area contributed by atoms with Crippen molar-refractivity contribution in [3.8, 4) is 0 Å². The Morgan fingerprint density at radius 3 is 2.55 bits per heavy atom. The average Bonchev–Trinajstić information content (AvgIpc) is 2.99. The average molecular weight is 304 g/mol. The normalized spacial score (nSPS) is 22.4. The zero-order chi connectivity index (χ0) is 15.4. The van der Waals surface area contributed by atoms with Crippen LogP contribution < -0.4 is 5.32 Å². The first kappa shape index (κ1) is 15.5. The first-order valence-electron chi connectivity index (χ1n) is 8.75. The number of nitrogens with one attached hydrogen (secondary N) is 2. The van der Waals surface area contributed by atoms with Gasteiger partial charge >= 0.3 is 0 Å². The molecule has 22 heavy (non-hydrogen) atoms. The lowest BCUT2D eigenvalue weighted by Gasteiger charge is -2.46. The molecule has 1 amide bonds. The molecule has 5 nitrogen and oxygen atoms in total. The summed E-state index contributed by atoms with van der Waals surface area (Å²) >= 11 is 0. The summed E-state index contributed by atoms with van der Waals surface area (Å²) in [6.45, 7) is 4.66. The summed E-state index contributed by atoms with van der Waals surface area (Å²) < 4.78 is 0. The van der Waals surface area contributed by atoms with E-state index in [2.05, 4.69) is 20.4 Å². The van der Waals surface area contributed by atoms with E-state index in [1.807, 2.05) is 13.0 Å². The maximum absolute atomic E-state index is 13.0. The first-order chi connectivity index (χ1) is 10.7. The molecule has 1 saturated carbocycles. The summed E-state index contributed by atoms with van der Waals surface area (Å²) in [5, 5.41) is 10.3. The molecule has 2 N–H and O–H groups in total. The van der Waals surface area contributed by atoms with Crippen molar-refractivity contribution < 1.29 is 4.79 Å². The third-order valence-electron chi connectivity index (χ3n) is 5.25. The molecule has 1 aliphatic carbocycles. The zero-order valence-corrected chi connectivity index (χ0v) is 13.7. The molecule has 1 aliphatic heterocycles. The molecule has 1 aromatic rings. The molecule has 2 aliphatic rings. The molecule has 0 aromatic carbocycles. The second-order valence-corrected chi connectivity index (χ2v) is 6.86. The van der Waals surface area contributed by atoms with Gasteiger partial charge in [0, 0.05) is 5.69 Å². The van der Waals surface area contributed by atoms with Crippen LogP contribution in [0.25, 0.3) is 0 Å². The third-order valence-corrected chi connectivity index (χ3v) is 5.25. The number of nitrogens with zero attached hydrogens (tertiary/aromatic N) is 2. The van der Waals surface area contributed by atoms with Gasteiger partial charge in [0.2, 0.25) is 5.91 Å². The van der Waals surface area contributed by atoms with Gasteiger partial charge in [-0.15, -0.1) is 0 Å². The molecule has 0 radical (unpaired) electrons. The van der Waals surface area contributed by atoms with Crippen LogP contribution in [0.4, 0.5) is 0 Å². The Morgan fingerprint density at radius 2 is 1.91 bits per heavy atom. The van der Waals surface area contributed by atoms with Crippen molar-refractivity contribution in [1.82, 2.24) is 20.4 Å².